The quantitative estimate of drug-likeness (QED) is 0.678. The van der Waals surface area contributed by atoms with Gasteiger partial charge in [-0.2, -0.15) is 0 Å². The second-order valence-electron chi connectivity index (χ2n) is 6.51. The van der Waals surface area contributed by atoms with E-state index in [0.29, 0.717) is 34.7 Å². The first-order valence-electron chi connectivity index (χ1n) is 8.46. The molecule has 8 heteroatoms. The first kappa shape index (κ1) is 17.7. The smallest absolute Gasteiger partial charge is 0.256 e. The Morgan fingerprint density at radius 3 is 2.74 bits per heavy atom. The van der Waals surface area contributed by atoms with Gasteiger partial charge in [0.25, 0.3) is 5.56 Å². The zero-order chi connectivity index (χ0) is 19.0. The predicted molar refractivity (Wildman–Crippen MR) is 99.7 cm³/mol. The summed E-state index contributed by atoms with van der Waals surface area (Å²) in [5.74, 6) is -1.77. The highest BCUT2D eigenvalue weighted by Gasteiger charge is 2.19. The van der Waals surface area contributed by atoms with Crippen molar-refractivity contribution in [1.82, 2.24) is 19.9 Å². The molecule has 138 valence electrons. The third kappa shape index (κ3) is 3.72. The van der Waals surface area contributed by atoms with Crippen molar-refractivity contribution in [1.29, 1.82) is 0 Å². The first-order chi connectivity index (χ1) is 13.0. The number of aromatic nitrogens is 3. The molecule has 0 amide bonds. The molecule has 4 rings (SSSR count). The fourth-order valence-corrected chi connectivity index (χ4v) is 3.47. The van der Waals surface area contributed by atoms with Crippen LogP contribution in [0, 0.1) is 16.4 Å². The molecule has 0 fully saturated rings. The molecule has 3 aromatic rings. The summed E-state index contributed by atoms with van der Waals surface area (Å²) in [6.07, 6.45) is 2.44. The van der Waals surface area contributed by atoms with Crippen molar-refractivity contribution in [3.05, 3.63) is 80.1 Å². The number of fused-ring (bicyclic) bond motifs is 1. The third-order valence-corrected chi connectivity index (χ3v) is 4.84. The number of hydrogen-bond donors (Lipinski definition) is 2. The van der Waals surface area contributed by atoms with Crippen molar-refractivity contribution >= 4 is 12.2 Å². The van der Waals surface area contributed by atoms with Gasteiger partial charge in [0.1, 0.15) is 0 Å². The van der Waals surface area contributed by atoms with Crippen molar-refractivity contribution in [2.24, 2.45) is 0 Å². The number of nitrogens with one attached hydrogen (secondary N) is 2. The first-order valence-corrected chi connectivity index (χ1v) is 8.87. The fraction of sp³-hybridized carbons (Fsp3) is 0.211. The van der Waals surface area contributed by atoms with Gasteiger partial charge in [-0.15, -0.1) is 0 Å². The number of halogens is 2. The summed E-state index contributed by atoms with van der Waals surface area (Å²) in [6, 6.07) is 7.41. The number of nitrogens with zero attached hydrogens (tertiary/aromatic N) is 2. The highest BCUT2D eigenvalue weighted by molar-refractivity contribution is 7.71. The second kappa shape index (κ2) is 7.13. The number of pyridine rings is 1. The van der Waals surface area contributed by atoms with E-state index in [0.717, 1.165) is 36.4 Å². The minimum absolute atomic E-state index is 0.148. The Hall–Kier alpha value is -2.71. The van der Waals surface area contributed by atoms with Crippen LogP contribution in [0.15, 0.2) is 41.3 Å². The van der Waals surface area contributed by atoms with Crippen LogP contribution in [0.25, 0.3) is 11.3 Å². The Morgan fingerprint density at radius 2 is 2.00 bits per heavy atom. The monoisotopic (exact) mass is 386 g/mol. The van der Waals surface area contributed by atoms with Crippen LogP contribution in [0.4, 0.5) is 8.78 Å². The molecule has 2 aromatic heterocycles. The highest BCUT2D eigenvalue weighted by atomic mass is 32.1. The van der Waals surface area contributed by atoms with Gasteiger partial charge in [-0.1, -0.05) is 6.07 Å². The zero-order valence-corrected chi connectivity index (χ0v) is 15.1. The SMILES string of the molecule is O=c1[nH]c(=S)[nH]c2c1CN(Cc1ccc(-c3ccc(F)c(F)c3)nc1)CC2. The van der Waals surface area contributed by atoms with E-state index in [1.807, 2.05) is 6.07 Å². The highest BCUT2D eigenvalue weighted by Crippen LogP contribution is 2.21. The van der Waals surface area contributed by atoms with Crippen LogP contribution < -0.4 is 5.56 Å². The summed E-state index contributed by atoms with van der Waals surface area (Å²) >= 11 is 5.01. The van der Waals surface area contributed by atoms with Crippen LogP contribution in [0.2, 0.25) is 0 Å². The molecule has 0 unspecified atom stereocenters. The van der Waals surface area contributed by atoms with Crippen molar-refractivity contribution < 1.29 is 8.78 Å². The van der Waals surface area contributed by atoms with Crippen LogP contribution >= 0.6 is 12.2 Å². The molecule has 27 heavy (non-hydrogen) atoms. The lowest BCUT2D eigenvalue weighted by Crippen LogP contribution is -2.35. The van der Waals surface area contributed by atoms with Gasteiger partial charge < -0.3 is 4.98 Å². The summed E-state index contributed by atoms with van der Waals surface area (Å²) in [4.78, 5) is 24.3. The molecule has 0 saturated carbocycles. The topological polar surface area (TPSA) is 64.8 Å². The molecule has 0 bridgehead atoms. The molecule has 1 aliphatic rings. The van der Waals surface area contributed by atoms with Gasteiger partial charge in [0.05, 0.1) is 11.3 Å². The van der Waals surface area contributed by atoms with Crippen LogP contribution in [0.3, 0.4) is 0 Å². The Balaban J connectivity index is 1.50. The average Bonchev–Trinajstić information content (AvgIpc) is 2.65. The molecule has 2 N–H and O–H groups in total. The normalized spacial score (nSPS) is 14.1. The number of H-pyrrole nitrogens is 2. The van der Waals surface area contributed by atoms with Crippen molar-refractivity contribution in [2.45, 2.75) is 19.5 Å². The molecule has 1 aromatic carbocycles. The maximum atomic E-state index is 13.4. The van der Waals surface area contributed by atoms with E-state index in [9.17, 15) is 13.6 Å². The number of aromatic amines is 2. The molecular weight excluding hydrogens is 370 g/mol. The third-order valence-electron chi connectivity index (χ3n) is 4.64. The molecule has 0 radical (unpaired) electrons. The second-order valence-corrected chi connectivity index (χ2v) is 6.91. The zero-order valence-electron chi connectivity index (χ0n) is 14.3. The largest absolute Gasteiger partial charge is 0.335 e. The summed E-state index contributed by atoms with van der Waals surface area (Å²) < 4.78 is 26.8. The van der Waals surface area contributed by atoms with E-state index >= 15 is 0 Å². The maximum absolute atomic E-state index is 13.4. The van der Waals surface area contributed by atoms with Gasteiger partial charge in [0, 0.05) is 43.5 Å². The van der Waals surface area contributed by atoms with Crippen LogP contribution in [-0.2, 0) is 19.5 Å². The van der Waals surface area contributed by atoms with Crippen molar-refractivity contribution in [2.75, 3.05) is 6.54 Å². The average molecular weight is 386 g/mol. The summed E-state index contributed by atoms with van der Waals surface area (Å²) in [5, 5.41) is 0. The van der Waals surface area contributed by atoms with Gasteiger partial charge in [0.15, 0.2) is 16.4 Å². The summed E-state index contributed by atoms with van der Waals surface area (Å²) in [7, 11) is 0. The molecule has 3 heterocycles. The van der Waals surface area contributed by atoms with Crippen LogP contribution in [0.1, 0.15) is 16.8 Å². The molecule has 0 spiro atoms. The van der Waals surface area contributed by atoms with Crippen LogP contribution in [0.5, 0.6) is 0 Å². The summed E-state index contributed by atoms with van der Waals surface area (Å²) in [5.41, 5.74) is 3.53. The van der Waals surface area contributed by atoms with Gasteiger partial charge in [-0.25, -0.2) is 8.78 Å². The Bertz CT molecular complexity index is 1110. The lowest BCUT2D eigenvalue weighted by molar-refractivity contribution is 0.241. The van der Waals surface area contributed by atoms with Crippen molar-refractivity contribution in [3.63, 3.8) is 0 Å². The Labute approximate surface area is 158 Å². The molecule has 0 saturated heterocycles. The maximum Gasteiger partial charge on any atom is 0.256 e. The van der Waals surface area contributed by atoms with E-state index in [1.54, 1.807) is 12.3 Å². The van der Waals surface area contributed by atoms with E-state index in [4.69, 9.17) is 12.2 Å². The van der Waals surface area contributed by atoms with Gasteiger partial charge >= 0.3 is 0 Å². The van der Waals surface area contributed by atoms with Gasteiger partial charge in [-0.05, 0) is 42.0 Å². The number of benzene rings is 1. The van der Waals surface area contributed by atoms with Crippen LogP contribution in [-0.4, -0.2) is 26.4 Å². The lowest BCUT2D eigenvalue weighted by Gasteiger charge is -2.27. The minimum atomic E-state index is -0.894. The van der Waals surface area contributed by atoms with Gasteiger partial charge in [0.2, 0.25) is 0 Å². The Morgan fingerprint density at radius 1 is 1.15 bits per heavy atom. The van der Waals surface area contributed by atoms with E-state index in [2.05, 4.69) is 19.9 Å². The van der Waals surface area contributed by atoms with E-state index in [1.165, 1.54) is 6.07 Å². The minimum Gasteiger partial charge on any atom is -0.335 e. The molecule has 5 nitrogen and oxygen atoms in total. The fourth-order valence-electron chi connectivity index (χ4n) is 3.25. The lowest BCUT2D eigenvalue weighted by atomic mass is 10.1. The Kier molecular flexibility index (Phi) is 4.67. The standard InChI is InChI=1S/C19H16F2N4OS/c20-14-3-2-12(7-15(14)21)16-4-1-11(8-22-16)9-25-6-5-17-13(10-25)18(26)24-19(27)23-17/h1-4,7-8H,5-6,9-10H2,(H2,23,24,26,27). The molecule has 1 aliphatic heterocycles. The predicted octanol–water partition coefficient (Wildman–Crippen LogP) is 3.33. The number of hydrogen-bond acceptors (Lipinski definition) is 4. The molecule has 0 atom stereocenters. The van der Waals surface area contributed by atoms with Gasteiger partial charge in [-0.3, -0.25) is 19.7 Å². The van der Waals surface area contributed by atoms with E-state index in [-0.39, 0.29) is 5.56 Å². The molecule has 0 aliphatic carbocycles. The van der Waals surface area contributed by atoms with Crippen molar-refractivity contribution in [3.8, 4) is 11.3 Å². The number of rotatable bonds is 3. The van der Waals surface area contributed by atoms with E-state index < -0.39 is 11.6 Å². The summed E-state index contributed by atoms with van der Waals surface area (Å²) in [6.45, 7) is 1.97. The molecular formula is C19H16F2N4OS.